The highest BCUT2D eigenvalue weighted by molar-refractivity contribution is 7.89. The van der Waals surface area contributed by atoms with Crippen molar-refractivity contribution in [3.63, 3.8) is 0 Å². The number of benzene rings is 3. The first kappa shape index (κ1) is 19.8. The van der Waals surface area contributed by atoms with Gasteiger partial charge in [-0.2, -0.15) is 0 Å². The van der Waals surface area contributed by atoms with Crippen LogP contribution in [0.4, 0.5) is 11.4 Å². The van der Waals surface area contributed by atoms with Gasteiger partial charge in [0, 0.05) is 0 Å². The molecule has 3 N–H and O–H groups in total. The SMILES string of the molecule is NS(=O)(=O)c1ccc2c(c1)NC(=O)C(c1ccccc1)N2C(=O)Cc1ccccc1. The van der Waals surface area contributed by atoms with E-state index in [1.807, 2.05) is 36.4 Å². The molecule has 7 nitrogen and oxygen atoms in total. The maximum absolute atomic E-state index is 13.3. The third-order valence-electron chi connectivity index (χ3n) is 4.90. The van der Waals surface area contributed by atoms with Crippen molar-refractivity contribution in [1.82, 2.24) is 0 Å². The molecule has 3 aromatic carbocycles. The summed E-state index contributed by atoms with van der Waals surface area (Å²) in [4.78, 5) is 27.6. The first-order valence-corrected chi connectivity index (χ1v) is 10.8. The monoisotopic (exact) mass is 421 g/mol. The zero-order chi connectivity index (χ0) is 21.3. The van der Waals surface area contributed by atoms with E-state index in [0.29, 0.717) is 11.3 Å². The number of rotatable bonds is 4. The normalized spacial score (nSPS) is 16.0. The summed E-state index contributed by atoms with van der Waals surface area (Å²) in [6.07, 6.45) is 0.0911. The first-order chi connectivity index (χ1) is 14.3. The number of anilines is 2. The van der Waals surface area contributed by atoms with E-state index in [4.69, 9.17) is 5.14 Å². The molecule has 1 unspecified atom stereocenters. The van der Waals surface area contributed by atoms with Crippen LogP contribution >= 0.6 is 0 Å². The molecular formula is C22H19N3O4S. The summed E-state index contributed by atoms with van der Waals surface area (Å²) >= 11 is 0. The fraction of sp³-hybridized carbons (Fsp3) is 0.0909. The van der Waals surface area contributed by atoms with Crippen molar-refractivity contribution in [1.29, 1.82) is 0 Å². The van der Waals surface area contributed by atoms with Gasteiger partial charge in [0.2, 0.25) is 15.9 Å². The molecule has 4 rings (SSSR count). The van der Waals surface area contributed by atoms with Crippen LogP contribution in [0, 0.1) is 0 Å². The predicted octanol–water partition coefficient (Wildman–Crippen LogP) is 2.60. The highest BCUT2D eigenvalue weighted by Crippen LogP contribution is 2.39. The van der Waals surface area contributed by atoms with Gasteiger partial charge >= 0.3 is 0 Å². The van der Waals surface area contributed by atoms with Crippen LogP contribution in [0.25, 0.3) is 0 Å². The molecule has 1 heterocycles. The lowest BCUT2D eigenvalue weighted by atomic mass is 9.99. The minimum Gasteiger partial charge on any atom is -0.322 e. The number of primary sulfonamides is 1. The van der Waals surface area contributed by atoms with Gasteiger partial charge in [0.25, 0.3) is 5.91 Å². The molecule has 1 aliphatic heterocycles. The molecule has 0 saturated carbocycles. The third kappa shape index (κ3) is 3.83. The number of amides is 2. The average Bonchev–Trinajstić information content (AvgIpc) is 2.73. The van der Waals surface area contributed by atoms with Crippen LogP contribution in [0.3, 0.4) is 0 Å². The molecule has 30 heavy (non-hydrogen) atoms. The lowest BCUT2D eigenvalue weighted by molar-refractivity contribution is -0.123. The summed E-state index contributed by atoms with van der Waals surface area (Å²) in [7, 11) is -3.96. The molecule has 0 saturated heterocycles. The second kappa shape index (κ2) is 7.74. The van der Waals surface area contributed by atoms with Crippen LogP contribution in [-0.4, -0.2) is 20.2 Å². The number of sulfonamides is 1. The van der Waals surface area contributed by atoms with Crippen molar-refractivity contribution < 1.29 is 18.0 Å². The Morgan fingerprint density at radius 1 is 0.967 bits per heavy atom. The first-order valence-electron chi connectivity index (χ1n) is 9.23. The predicted molar refractivity (Wildman–Crippen MR) is 113 cm³/mol. The van der Waals surface area contributed by atoms with Crippen LogP contribution in [-0.2, 0) is 26.0 Å². The quantitative estimate of drug-likeness (QED) is 0.675. The zero-order valence-corrected chi connectivity index (χ0v) is 16.7. The second-order valence-electron chi connectivity index (χ2n) is 6.95. The van der Waals surface area contributed by atoms with E-state index in [0.717, 1.165) is 5.56 Å². The largest absolute Gasteiger partial charge is 0.322 e. The lowest BCUT2D eigenvalue weighted by Crippen LogP contribution is -2.45. The van der Waals surface area contributed by atoms with Crippen LogP contribution < -0.4 is 15.4 Å². The minimum absolute atomic E-state index is 0.0911. The molecule has 152 valence electrons. The minimum atomic E-state index is -3.96. The molecular weight excluding hydrogens is 402 g/mol. The molecule has 3 aromatic rings. The number of nitrogens with one attached hydrogen (secondary N) is 1. The van der Waals surface area contributed by atoms with Crippen molar-refractivity contribution in [3.05, 3.63) is 90.0 Å². The summed E-state index contributed by atoms with van der Waals surface area (Å²) in [6, 6.07) is 21.4. The molecule has 0 radical (unpaired) electrons. The van der Waals surface area contributed by atoms with Gasteiger partial charge in [-0.3, -0.25) is 14.5 Å². The fourth-order valence-corrected chi connectivity index (χ4v) is 4.07. The number of fused-ring (bicyclic) bond motifs is 1. The second-order valence-corrected chi connectivity index (χ2v) is 8.51. The maximum Gasteiger partial charge on any atom is 0.252 e. The standard InChI is InChI=1S/C22H19N3O4S/c23-30(28,29)17-11-12-19-18(14-17)24-22(27)21(16-9-5-2-6-10-16)25(19)20(26)13-15-7-3-1-4-8-15/h1-12,14,21H,13H2,(H,24,27)(H2,23,28,29). The molecule has 1 atom stereocenters. The third-order valence-corrected chi connectivity index (χ3v) is 5.81. The van der Waals surface area contributed by atoms with Crippen LogP contribution in [0.2, 0.25) is 0 Å². The molecule has 8 heteroatoms. The number of hydrogen-bond acceptors (Lipinski definition) is 4. The number of nitrogens with zero attached hydrogens (tertiary/aromatic N) is 1. The highest BCUT2D eigenvalue weighted by Gasteiger charge is 2.38. The van der Waals surface area contributed by atoms with E-state index in [2.05, 4.69) is 5.32 Å². The van der Waals surface area contributed by atoms with Gasteiger partial charge in [-0.25, -0.2) is 13.6 Å². The summed E-state index contributed by atoms with van der Waals surface area (Å²) in [5.74, 6) is -0.712. The van der Waals surface area contributed by atoms with E-state index >= 15 is 0 Å². The Hall–Kier alpha value is -3.49. The Morgan fingerprint density at radius 3 is 2.23 bits per heavy atom. The summed E-state index contributed by atoms with van der Waals surface area (Å²) in [5, 5.41) is 7.94. The molecule has 0 spiro atoms. The maximum atomic E-state index is 13.3. The molecule has 0 aromatic heterocycles. The average molecular weight is 421 g/mol. The van der Waals surface area contributed by atoms with Gasteiger partial charge in [-0.05, 0) is 29.3 Å². The van der Waals surface area contributed by atoms with Crippen molar-refractivity contribution in [3.8, 4) is 0 Å². The highest BCUT2D eigenvalue weighted by atomic mass is 32.2. The van der Waals surface area contributed by atoms with Gasteiger partial charge in [0.05, 0.1) is 22.7 Å². The van der Waals surface area contributed by atoms with E-state index < -0.39 is 22.0 Å². The number of carbonyl (C=O) groups excluding carboxylic acids is 2. The summed E-state index contributed by atoms with van der Waals surface area (Å²) in [5.41, 5.74) is 2.09. The zero-order valence-electron chi connectivity index (χ0n) is 15.9. The Morgan fingerprint density at radius 2 is 1.60 bits per heavy atom. The van der Waals surface area contributed by atoms with Gasteiger partial charge < -0.3 is 5.32 Å². The lowest BCUT2D eigenvalue weighted by Gasteiger charge is -2.37. The number of carbonyl (C=O) groups is 2. The number of hydrogen-bond donors (Lipinski definition) is 2. The van der Waals surface area contributed by atoms with Gasteiger partial charge in [0.1, 0.15) is 6.04 Å². The van der Waals surface area contributed by atoms with Crippen LogP contribution in [0.15, 0.2) is 83.8 Å². The summed E-state index contributed by atoms with van der Waals surface area (Å²) in [6.45, 7) is 0. The summed E-state index contributed by atoms with van der Waals surface area (Å²) < 4.78 is 23.5. The Kier molecular flexibility index (Phi) is 5.11. The van der Waals surface area contributed by atoms with Crippen molar-refractivity contribution in [2.75, 3.05) is 10.2 Å². The molecule has 0 aliphatic carbocycles. The van der Waals surface area contributed by atoms with Gasteiger partial charge in [-0.1, -0.05) is 60.7 Å². The van der Waals surface area contributed by atoms with Crippen LogP contribution in [0.5, 0.6) is 0 Å². The Labute approximate surface area is 174 Å². The molecule has 0 bridgehead atoms. The van der Waals surface area contributed by atoms with Crippen molar-refractivity contribution >= 4 is 33.2 Å². The Bertz CT molecular complexity index is 1210. The van der Waals surface area contributed by atoms with Gasteiger partial charge in [0.15, 0.2) is 0 Å². The smallest absolute Gasteiger partial charge is 0.252 e. The fourth-order valence-electron chi connectivity index (χ4n) is 3.53. The van der Waals surface area contributed by atoms with E-state index in [1.165, 1.54) is 23.1 Å². The molecule has 0 fully saturated rings. The topological polar surface area (TPSA) is 110 Å². The molecule has 1 aliphatic rings. The van der Waals surface area contributed by atoms with Crippen molar-refractivity contribution in [2.24, 2.45) is 5.14 Å². The van der Waals surface area contributed by atoms with E-state index in [1.54, 1.807) is 24.3 Å². The van der Waals surface area contributed by atoms with Gasteiger partial charge in [-0.15, -0.1) is 0 Å². The van der Waals surface area contributed by atoms with Crippen LogP contribution in [0.1, 0.15) is 17.2 Å². The van der Waals surface area contributed by atoms with E-state index in [-0.39, 0.29) is 22.9 Å². The van der Waals surface area contributed by atoms with E-state index in [9.17, 15) is 18.0 Å². The Balaban J connectivity index is 1.82. The number of nitrogens with two attached hydrogens (primary N) is 1. The molecule has 2 amide bonds. The van der Waals surface area contributed by atoms with Crippen molar-refractivity contribution in [2.45, 2.75) is 17.4 Å².